The highest BCUT2D eigenvalue weighted by Gasteiger charge is 2.41. The van der Waals surface area contributed by atoms with Gasteiger partial charge in [-0.05, 0) is 49.1 Å². The van der Waals surface area contributed by atoms with Crippen LogP contribution in [0.1, 0.15) is 87.9 Å². The van der Waals surface area contributed by atoms with Gasteiger partial charge in [0.2, 0.25) is 0 Å². The third-order valence-corrected chi connectivity index (χ3v) is 7.06. The molecular formula is C25H36Cl2O3. The predicted octanol–water partition coefficient (Wildman–Crippen LogP) is 6.91. The Kier molecular flexibility index (Phi) is 11.3. The molecule has 1 aliphatic rings. The Bertz CT molecular complexity index is 659. The first-order chi connectivity index (χ1) is 14.5. The molecule has 1 aromatic rings. The molecule has 0 aromatic heterocycles. The number of carbonyl (C=O) groups excluding carboxylic acids is 1. The summed E-state index contributed by atoms with van der Waals surface area (Å²) < 4.78 is 4.66. The van der Waals surface area contributed by atoms with E-state index in [-0.39, 0.29) is 28.6 Å². The van der Waals surface area contributed by atoms with Crippen molar-refractivity contribution in [2.45, 2.75) is 87.5 Å². The first kappa shape index (κ1) is 25.2. The van der Waals surface area contributed by atoms with E-state index < -0.39 is 6.10 Å². The van der Waals surface area contributed by atoms with Gasteiger partial charge in [0.15, 0.2) is 0 Å². The monoisotopic (exact) mass is 454 g/mol. The summed E-state index contributed by atoms with van der Waals surface area (Å²) >= 11 is 13.3. The van der Waals surface area contributed by atoms with Crippen molar-refractivity contribution in [3.05, 3.63) is 47.5 Å². The van der Waals surface area contributed by atoms with Crippen molar-refractivity contribution in [1.29, 1.82) is 0 Å². The molecule has 1 saturated carbocycles. The van der Waals surface area contributed by atoms with Crippen molar-refractivity contribution >= 4 is 29.2 Å². The highest BCUT2D eigenvalue weighted by atomic mass is 35.5. The van der Waals surface area contributed by atoms with E-state index in [1.54, 1.807) is 0 Å². The zero-order valence-corrected chi connectivity index (χ0v) is 19.7. The van der Waals surface area contributed by atoms with Gasteiger partial charge in [-0.2, -0.15) is 0 Å². The molecule has 0 bridgehead atoms. The maximum atomic E-state index is 11.2. The number of allylic oxidation sites excluding steroid dienone is 2. The van der Waals surface area contributed by atoms with E-state index in [0.29, 0.717) is 6.42 Å². The van der Waals surface area contributed by atoms with Gasteiger partial charge >= 0.3 is 5.97 Å². The van der Waals surface area contributed by atoms with Crippen LogP contribution in [-0.2, 0) is 9.53 Å². The minimum Gasteiger partial charge on any atom is -0.469 e. The van der Waals surface area contributed by atoms with Crippen LogP contribution in [0.5, 0.6) is 0 Å². The average molecular weight is 455 g/mol. The fourth-order valence-electron chi connectivity index (χ4n) is 4.31. The fraction of sp³-hybridized carbons (Fsp3) is 0.640. The number of hydrogen-bond donors (Lipinski definition) is 1. The third-order valence-electron chi connectivity index (χ3n) is 6.11. The van der Waals surface area contributed by atoms with Gasteiger partial charge < -0.3 is 9.84 Å². The molecule has 1 aliphatic carbocycles. The van der Waals surface area contributed by atoms with Crippen LogP contribution in [0, 0.1) is 5.92 Å². The summed E-state index contributed by atoms with van der Waals surface area (Å²) in [5.74, 6) is 0.329. The Morgan fingerprint density at radius 3 is 2.57 bits per heavy atom. The van der Waals surface area contributed by atoms with Crippen LogP contribution in [0.3, 0.4) is 0 Å². The molecule has 3 nitrogen and oxygen atoms in total. The van der Waals surface area contributed by atoms with Gasteiger partial charge in [-0.3, -0.25) is 4.79 Å². The zero-order chi connectivity index (χ0) is 21.9. The lowest BCUT2D eigenvalue weighted by Crippen LogP contribution is -2.16. The van der Waals surface area contributed by atoms with Crippen LogP contribution < -0.4 is 0 Å². The average Bonchev–Trinajstić information content (AvgIpc) is 3.03. The molecule has 0 heterocycles. The van der Waals surface area contributed by atoms with Crippen LogP contribution in [-0.4, -0.2) is 28.9 Å². The van der Waals surface area contributed by atoms with Crippen LogP contribution >= 0.6 is 23.2 Å². The first-order valence-corrected chi connectivity index (χ1v) is 12.1. The normalized spacial score (nSPS) is 25.0. The van der Waals surface area contributed by atoms with E-state index in [1.807, 2.05) is 12.1 Å². The summed E-state index contributed by atoms with van der Waals surface area (Å²) in [7, 11) is 1.42. The molecule has 0 aliphatic heterocycles. The van der Waals surface area contributed by atoms with E-state index in [2.05, 4.69) is 35.9 Å². The Morgan fingerprint density at radius 1 is 1.17 bits per heavy atom. The number of alkyl halides is 2. The van der Waals surface area contributed by atoms with E-state index in [1.165, 1.54) is 12.7 Å². The molecule has 5 atom stereocenters. The van der Waals surface area contributed by atoms with Crippen molar-refractivity contribution in [2.75, 3.05) is 7.11 Å². The van der Waals surface area contributed by atoms with Gasteiger partial charge in [0.25, 0.3) is 0 Å². The number of aliphatic hydroxyl groups excluding tert-OH is 1. The molecule has 168 valence electrons. The summed E-state index contributed by atoms with van der Waals surface area (Å²) in [5, 5.41) is 10.5. The van der Waals surface area contributed by atoms with Gasteiger partial charge in [0, 0.05) is 23.1 Å². The minimum absolute atomic E-state index is 0.0190. The van der Waals surface area contributed by atoms with Gasteiger partial charge in [0.05, 0.1) is 13.2 Å². The number of esters is 1. The summed E-state index contributed by atoms with van der Waals surface area (Å²) in [6, 6.07) is 8.30. The van der Waals surface area contributed by atoms with Crippen molar-refractivity contribution in [1.82, 2.24) is 0 Å². The third kappa shape index (κ3) is 7.59. The number of carbonyl (C=O) groups is 1. The van der Waals surface area contributed by atoms with Crippen molar-refractivity contribution in [3.63, 3.8) is 0 Å². The molecule has 0 amide bonds. The molecule has 5 heteroatoms. The van der Waals surface area contributed by atoms with E-state index in [4.69, 9.17) is 23.2 Å². The van der Waals surface area contributed by atoms with Gasteiger partial charge in [-0.15, -0.1) is 23.2 Å². The molecule has 1 fully saturated rings. The molecule has 1 aromatic carbocycles. The second-order valence-electron chi connectivity index (χ2n) is 8.31. The van der Waals surface area contributed by atoms with Crippen LogP contribution in [0.2, 0.25) is 0 Å². The maximum absolute atomic E-state index is 11.2. The number of benzene rings is 1. The topological polar surface area (TPSA) is 46.5 Å². The number of hydrogen-bond acceptors (Lipinski definition) is 3. The Labute approximate surface area is 191 Å². The number of halogens is 2. The predicted molar refractivity (Wildman–Crippen MR) is 125 cm³/mol. The molecule has 0 radical (unpaired) electrons. The van der Waals surface area contributed by atoms with Gasteiger partial charge in [0.1, 0.15) is 0 Å². The fourth-order valence-corrected chi connectivity index (χ4v) is 5.38. The lowest BCUT2D eigenvalue weighted by atomic mass is 9.85. The standard InChI is InChI=1S/C25H36Cl2O3/c1-3-4-7-11-23(28)18-13-15-19(16-14-18)25-20(21(26)17-22(25)27)10-8-5-6-9-12-24(29)30-2/h5,8,13-16,20-23,25,28H,3-4,6-7,9-12,17H2,1-2H3/t20-,21+,22+,23?,25+/m0/s1. The Morgan fingerprint density at radius 2 is 1.90 bits per heavy atom. The lowest BCUT2D eigenvalue weighted by Gasteiger charge is -2.23. The second-order valence-corrected chi connectivity index (χ2v) is 9.43. The molecule has 1 unspecified atom stereocenters. The SMILES string of the molecule is CCCCCC(O)c1ccc([C@@H]2[C@@H](CC=CCCCC(=O)OC)[C@H](Cl)C[C@H]2Cl)cc1. The Balaban J connectivity index is 1.94. The number of ether oxygens (including phenoxy) is 1. The second kappa shape index (κ2) is 13.4. The molecular weight excluding hydrogens is 419 g/mol. The molecule has 0 saturated heterocycles. The van der Waals surface area contributed by atoms with Gasteiger partial charge in [-0.1, -0.05) is 62.6 Å². The van der Waals surface area contributed by atoms with E-state index in [9.17, 15) is 9.90 Å². The minimum atomic E-state index is -0.398. The van der Waals surface area contributed by atoms with E-state index >= 15 is 0 Å². The van der Waals surface area contributed by atoms with Crippen molar-refractivity contribution in [2.24, 2.45) is 5.92 Å². The molecule has 1 N–H and O–H groups in total. The summed E-state index contributed by atoms with van der Waals surface area (Å²) in [6.45, 7) is 2.17. The zero-order valence-electron chi connectivity index (χ0n) is 18.2. The van der Waals surface area contributed by atoms with Gasteiger partial charge in [-0.25, -0.2) is 0 Å². The summed E-state index contributed by atoms with van der Waals surface area (Å²) in [6.07, 6.45) is 11.8. The highest BCUT2D eigenvalue weighted by Crippen LogP contribution is 2.47. The quantitative estimate of drug-likeness (QED) is 0.161. The summed E-state index contributed by atoms with van der Waals surface area (Å²) in [5.41, 5.74) is 2.18. The Hall–Kier alpha value is -1.03. The lowest BCUT2D eigenvalue weighted by molar-refractivity contribution is -0.140. The van der Waals surface area contributed by atoms with E-state index in [0.717, 1.165) is 56.9 Å². The molecule has 2 rings (SSSR count). The van der Waals surface area contributed by atoms with Crippen molar-refractivity contribution < 1.29 is 14.6 Å². The number of aliphatic hydroxyl groups is 1. The largest absolute Gasteiger partial charge is 0.469 e. The van der Waals surface area contributed by atoms with Crippen molar-refractivity contribution in [3.8, 4) is 0 Å². The number of rotatable bonds is 12. The first-order valence-electron chi connectivity index (χ1n) is 11.3. The molecule has 30 heavy (non-hydrogen) atoms. The number of methoxy groups -OCH3 is 1. The smallest absolute Gasteiger partial charge is 0.305 e. The maximum Gasteiger partial charge on any atom is 0.305 e. The summed E-state index contributed by atoms with van der Waals surface area (Å²) in [4.78, 5) is 11.2. The van der Waals surface area contributed by atoms with Crippen LogP contribution in [0.25, 0.3) is 0 Å². The highest BCUT2D eigenvalue weighted by molar-refractivity contribution is 6.25. The van der Waals surface area contributed by atoms with Crippen LogP contribution in [0.4, 0.5) is 0 Å². The number of unbranched alkanes of at least 4 members (excludes halogenated alkanes) is 3. The van der Waals surface area contributed by atoms with Crippen LogP contribution in [0.15, 0.2) is 36.4 Å². The molecule has 0 spiro atoms.